The van der Waals surface area contributed by atoms with Gasteiger partial charge in [0.15, 0.2) is 5.82 Å². The first-order valence-corrected chi connectivity index (χ1v) is 13.0. The van der Waals surface area contributed by atoms with Gasteiger partial charge >= 0.3 is 0 Å². The van der Waals surface area contributed by atoms with E-state index in [9.17, 15) is 4.21 Å². The molecule has 0 aliphatic rings. The van der Waals surface area contributed by atoms with E-state index in [0.717, 1.165) is 22.2 Å². The van der Waals surface area contributed by atoms with Gasteiger partial charge in [-0.15, -0.1) is 0 Å². The Balaban J connectivity index is 1.56. The van der Waals surface area contributed by atoms with Gasteiger partial charge < -0.3 is 4.74 Å². The molecule has 0 aliphatic heterocycles. The zero-order valence-electron chi connectivity index (χ0n) is 18.1. The van der Waals surface area contributed by atoms with E-state index in [2.05, 4.69) is 24.5 Å². The average molecular weight is 502 g/mol. The number of nitrogens with one attached hydrogen (secondary N) is 1. The van der Waals surface area contributed by atoms with Crippen LogP contribution in [0.4, 0.5) is 5.82 Å². The van der Waals surface area contributed by atoms with Crippen LogP contribution in [-0.2, 0) is 9.73 Å². The number of ether oxygens (including phenoxy) is 1. The standard InChI is InChI=1S/C23H21Cl2N5O2S/c1-14(23-18(24)12-26-13-19(23)25)32-16-6-8-21-17(10-16)20(28-29-21)7-4-15-5-9-22(27-11-15)30-33(2,3)31/h4-14H,1-3H3,(H,28,29)/b7-4+. The zero-order chi connectivity index (χ0) is 23.6. The van der Waals surface area contributed by atoms with Gasteiger partial charge in [0.1, 0.15) is 11.9 Å². The third kappa shape index (κ3) is 5.71. The molecule has 10 heteroatoms. The summed E-state index contributed by atoms with van der Waals surface area (Å²) in [5.41, 5.74) is 3.18. The molecular weight excluding hydrogens is 481 g/mol. The minimum atomic E-state index is -2.25. The van der Waals surface area contributed by atoms with Crippen LogP contribution >= 0.6 is 23.2 Å². The van der Waals surface area contributed by atoms with Gasteiger partial charge in [-0.2, -0.15) is 9.46 Å². The smallest absolute Gasteiger partial charge is 0.161 e. The van der Waals surface area contributed by atoms with E-state index in [-0.39, 0.29) is 6.10 Å². The summed E-state index contributed by atoms with van der Waals surface area (Å²) < 4.78 is 22.0. The summed E-state index contributed by atoms with van der Waals surface area (Å²) in [6.45, 7) is 1.88. The van der Waals surface area contributed by atoms with Gasteiger partial charge in [0, 0.05) is 51.8 Å². The predicted molar refractivity (Wildman–Crippen MR) is 135 cm³/mol. The fourth-order valence-corrected chi connectivity index (χ4v) is 4.47. The van der Waals surface area contributed by atoms with Crippen LogP contribution in [0.15, 0.2) is 53.3 Å². The van der Waals surface area contributed by atoms with Gasteiger partial charge in [0.05, 0.1) is 21.3 Å². The quantitative estimate of drug-likeness (QED) is 0.333. The Hall–Kier alpha value is -2.94. The lowest BCUT2D eigenvalue weighted by Crippen LogP contribution is -2.05. The average Bonchev–Trinajstić information content (AvgIpc) is 3.14. The second kappa shape index (κ2) is 9.51. The van der Waals surface area contributed by atoms with Crippen LogP contribution in [0.25, 0.3) is 23.1 Å². The number of rotatable bonds is 6. The summed E-state index contributed by atoms with van der Waals surface area (Å²) in [6.07, 6.45) is 11.3. The van der Waals surface area contributed by atoms with E-state index in [1.807, 2.05) is 43.3 Å². The highest BCUT2D eigenvalue weighted by Gasteiger charge is 2.16. The molecule has 1 N–H and O–H groups in total. The number of pyridine rings is 2. The van der Waals surface area contributed by atoms with Gasteiger partial charge in [-0.25, -0.2) is 9.19 Å². The van der Waals surface area contributed by atoms with Crippen molar-refractivity contribution >= 4 is 61.8 Å². The highest BCUT2D eigenvalue weighted by Crippen LogP contribution is 2.33. The summed E-state index contributed by atoms with van der Waals surface area (Å²) in [6, 6.07) is 9.28. The van der Waals surface area contributed by atoms with Crippen LogP contribution in [0.5, 0.6) is 5.75 Å². The van der Waals surface area contributed by atoms with Crippen molar-refractivity contribution in [2.24, 2.45) is 4.36 Å². The van der Waals surface area contributed by atoms with Gasteiger partial charge in [-0.05, 0) is 48.9 Å². The Morgan fingerprint density at radius 3 is 2.52 bits per heavy atom. The maximum Gasteiger partial charge on any atom is 0.161 e. The van der Waals surface area contributed by atoms with Gasteiger partial charge in [0.25, 0.3) is 0 Å². The number of fused-ring (bicyclic) bond motifs is 1. The molecule has 3 aromatic heterocycles. The maximum absolute atomic E-state index is 11.8. The van der Waals surface area contributed by atoms with Crippen LogP contribution in [0, 0.1) is 0 Å². The van der Waals surface area contributed by atoms with Crippen molar-refractivity contribution in [1.82, 2.24) is 20.2 Å². The maximum atomic E-state index is 11.8. The SMILES string of the molecule is CC(Oc1ccc2[nH]nc(/C=C/c3ccc(N=S(C)(C)=O)nc3)c2c1)c1c(Cl)cncc1Cl. The number of aromatic amines is 1. The largest absolute Gasteiger partial charge is 0.486 e. The van der Waals surface area contributed by atoms with Crippen LogP contribution in [-0.4, -0.2) is 36.9 Å². The van der Waals surface area contributed by atoms with Crippen molar-refractivity contribution in [3.8, 4) is 5.75 Å². The molecule has 0 fully saturated rings. The number of H-pyrrole nitrogens is 1. The normalized spacial score (nSPS) is 12.9. The zero-order valence-corrected chi connectivity index (χ0v) is 20.4. The molecule has 0 spiro atoms. The Bertz CT molecular complexity index is 1430. The van der Waals surface area contributed by atoms with Crippen LogP contribution in [0.1, 0.15) is 29.8 Å². The first-order valence-electron chi connectivity index (χ1n) is 9.94. The third-order valence-electron chi connectivity index (χ3n) is 4.69. The topological polar surface area (TPSA) is 93.1 Å². The van der Waals surface area contributed by atoms with E-state index in [1.165, 1.54) is 0 Å². The minimum Gasteiger partial charge on any atom is -0.486 e. The number of hydrogen-bond acceptors (Lipinski definition) is 6. The molecule has 0 saturated carbocycles. The number of benzene rings is 1. The molecule has 170 valence electrons. The molecule has 1 atom stereocenters. The summed E-state index contributed by atoms with van der Waals surface area (Å²) in [5, 5.41) is 9.22. The summed E-state index contributed by atoms with van der Waals surface area (Å²) in [7, 11) is -2.25. The van der Waals surface area contributed by atoms with Crippen molar-refractivity contribution < 1.29 is 8.95 Å². The molecule has 0 amide bonds. The van der Waals surface area contributed by atoms with E-state index in [1.54, 1.807) is 37.2 Å². The molecule has 4 aromatic rings. The van der Waals surface area contributed by atoms with Gasteiger partial charge in [-0.1, -0.05) is 29.3 Å². The summed E-state index contributed by atoms with van der Waals surface area (Å²) in [5.74, 6) is 1.10. The molecular formula is C23H21Cl2N5O2S. The molecule has 0 bridgehead atoms. The lowest BCUT2D eigenvalue weighted by atomic mass is 10.1. The van der Waals surface area contributed by atoms with Crippen LogP contribution < -0.4 is 4.74 Å². The van der Waals surface area contributed by atoms with Crippen molar-refractivity contribution in [3.05, 3.63) is 75.8 Å². The van der Waals surface area contributed by atoms with E-state index < -0.39 is 9.73 Å². The number of nitrogens with zero attached hydrogens (tertiary/aromatic N) is 4. The second-order valence-corrected chi connectivity index (χ2v) is 11.0. The number of hydrogen-bond donors (Lipinski definition) is 1. The highest BCUT2D eigenvalue weighted by atomic mass is 35.5. The van der Waals surface area contributed by atoms with Crippen molar-refractivity contribution in [3.63, 3.8) is 0 Å². The van der Waals surface area contributed by atoms with E-state index in [4.69, 9.17) is 27.9 Å². The summed E-state index contributed by atoms with van der Waals surface area (Å²) >= 11 is 12.5. The van der Waals surface area contributed by atoms with Crippen molar-refractivity contribution in [2.45, 2.75) is 13.0 Å². The number of aromatic nitrogens is 4. The van der Waals surface area contributed by atoms with Crippen LogP contribution in [0.2, 0.25) is 10.0 Å². The Morgan fingerprint density at radius 1 is 1.09 bits per heavy atom. The van der Waals surface area contributed by atoms with Crippen molar-refractivity contribution in [2.75, 3.05) is 12.5 Å². The molecule has 7 nitrogen and oxygen atoms in total. The van der Waals surface area contributed by atoms with Crippen LogP contribution in [0.3, 0.4) is 0 Å². The fourth-order valence-electron chi connectivity index (χ4n) is 3.24. The molecule has 0 saturated heterocycles. The second-order valence-electron chi connectivity index (χ2n) is 7.65. The van der Waals surface area contributed by atoms with E-state index in [0.29, 0.717) is 27.2 Å². The molecule has 4 rings (SSSR count). The molecule has 0 radical (unpaired) electrons. The Labute approximate surface area is 202 Å². The highest BCUT2D eigenvalue weighted by molar-refractivity contribution is 7.92. The van der Waals surface area contributed by atoms with E-state index >= 15 is 0 Å². The molecule has 1 unspecified atom stereocenters. The third-order valence-corrected chi connectivity index (χ3v) is 5.92. The molecule has 0 aliphatic carbocycles. The molecule has 1 aromatic carbocycles. The van der Waals surface area contributed by atoms with Crippen molar-refractivity contribution in [1.29, 1.82) is 0 Å². The minimum absolute atomic E-state index is 0.368. The predicted octanol–water partition coefficient (Wildman–Crippen LogP) is 6.33. The first-order chi connectivity index (χ1) is 15.7. The molecule has 3 heterocycles. The molecule has 33 heavy (non-hydrogen) atoms. The fraction of sp³-hybridized carbons (Fsp3) is 0.174. The Morgan fingerprint density at radius 2 is 1.85 bits per heavy atom. The van der Waals surface area contributed by atoms with Gasteiger partial charge in [0.2, 0.25) is 0 Å². The monoisotopic (exact) mass is 501 g/mol. The lowest BCUT2D eigenvalue weighted by Gasteiger charge is -2.17. The number of halogens is 2. The summed E-state index contributed by atoms with van der Waals surface area (Å²) in [4.78, 5) is 8.23. The van der Waals surface area contributed by atoms with Gasteiger partial charge in [-0.3, -0.25) is 10.1 Å². The lowest BCUT2D eigenvalue weighted by molar-refractivity contribution is 0.227. The first kappa shape index (κ1) is 23.2. The Kier molecular flexibility index (Phi) is 6.69.